The van der Waals surface area contributed by atoms with E-state index in [0.29, 0.717) is 62.5 Å². The third kappa shape index (κ3) is 7.79. The van der Waals surface area contributed by atoms with Gasteiger partial charge < -0.3 is 34.6 Å². The minimum atomic E-state index is -3.85. The molecule has 5 aliphatic rings. The highest BCUT2D eigenvalue weighted by molar-refractivity contribution is 7.91. The fourth-order valence-corrected chi connectivity index (χ4v) is 8.98. The second-order valence-electron chi connectivity index (χ2n) is 14.8. The maximum Gasteiger partial charge on any atom is 0.318 e. The number of carbonyl (C=O) groups is 4. The lowest BCUT2D eigenvalue weighted by atomic mass is 10.1. The van der Waals surface area contributed by atoms with Crippen LogP contribution in [0.15, 0.2) is 30.3 Å². The Hall–Kier alpha value is -4.44. The zero-order valence-corrected chi connectivity index (χ0v) is 31.2. The van der Waals surface area contributed by atoms with E-state index in [1.54, 1.807) is 25.0 Å². The number of methoxy groups -OCH3 is 1. The van der Waals surface area contributed by atoms with E-state index < -0.39 is 62.8 Å². The lowest BCUT2D eigenvalue weighted by Crippen LogP contribution is -2.58. The Labute approximate surface area is 309 Å². The number of benzene rings is 1. The minimum Gasteiger partial charge on any atom is -0.497 e. The Morgan fingerprint density at radius 3 is 2.68 bits per heavy atom. The molecule has 2 aliphatic carbocycles. The van der Waals surface area contributed by atoms with Gasteiger partial charge in [0, 0.05) is 43.1 Å². The quantitative estimate of drug-likeness (QED) is 0.380. The molecule has 2 saturated heterocycles. The lowest BCUT2D eigenvalue weighted by molar-refractivity contribution is -0.140. The van der Waals surface area contributed by atoms with E-state index in [9.17, 15) is 27.6 Å². The number of urea groups is 1. The van der Waals surface area contributed by atoms with Crippen LogP contribution < -0.4 is 24.8 Å². The SMILES string of the molecule is CC[C@@H]1C[C@]1(NC(=O)[C@@H]1C[C@@H]2CN1C(=O)[C@H](C)NC(=O)N1CC[C@@H](C1)OCCC/C=C/c1cc3ccc(OC)cc3nc1O2)C(=O)NS(=O)(=O)C1CC1. The maximum absolute atomic E-state index is 14.2. The molecule has 0 radical (unpaired) electrons. The second-order valence-corrected chi connectivity index (χ2v) is 16.8. The molecule has 2 saturated carbocycles. The van der Waals surface area contributed by atoms with Crippen LogP contribution in [0, 0.1) is 5.92 Å². The Bertz CT molecular complexity index is 1920. The molecule has 1 aromatic heterocycles. The van der Waals surface area contributed by atoms with Gasteiger partial charge in [0.05, 0.1) is 30.5 Å². The molecule has 3 N–H and O–H groups in total. The normalized spacial score (nSPS) is 29.9. The number of sulfonamides is 1. The number of rotatable bonds is 7. The number of nitrogens with zero attached hydrogens (tertiary/aromatic N) is 3. The summed E-state index contributed by atoms with van der Waals surface area (Å²) in [5.41, 5.74) is -0.0636. The largest absolute Gasteiger partial charge is 0.497 e. The first-order chi connectivity index (χ1) is 25.4. The van der Waals surface area contributed by atoms with E-state index in [0.717, 1.165) is 23.8 Å². The van der Waals surface area contributed by atoms with Gasteiger partial charge in [-0.25, -0.2) is 18.2 Å². The van der Waals surface area contributed by atoms with Gasteiger partial charge in [-0.2, -0.15) is 0 Å². The van der Waals surface area contributed by atoms with E-state index in [2.05, 4.69) is 15.4 Å². The topological polar surface area (TPSA) is 186 Å². The summed E-state index contributed by atoms with van der Waals surface area (Å²) in [5.74, 6) is -1.19. The van der Waals surface area contributed by atoms with E-state index in [4.69, 9.17) is 19.2 Å². The number of pyridine rings is 1. The van der Waals surface area contributed by atoms with Crippen LogP contribution in [0.2, 0.25) is 0 Å². The zero-order chi connectivity index (χ0) is 37.5. The van der Waals surface area contributed by atoms with Crippen molar-refractivity contribution in [2.75, 3.05) is 33.4 Å². The number of allylic oxidation sites excluding steroid dienone is 1. The summed E-state index contributed by atoms with van der Waals surface area (Å²) in [6.45, 7) is 4.88. The van der Waals surface area contributed by atoms with E-state index >= 15 is 0 Å². The summed E-state index contributed by atoms with van der Waals surface area (Å²) >= 11 is 0. The Morgan fingerprint density at radius 1 is 1.13 bits per heavy atom. The summed E-state index contributed by atoms with van der Waals surface area (Å²) in [6.07, 6.45) is 7.23. The first-order valence-corrected chi connectivity index (χ1v) is 20.1. The average Bonchev–Trinajstić information content (AvgIpc) is 4.02. The van der Waals surface area contributed by atoms with Gasteiger partial charge in [0.15, 0.2) is 0 Å². The van der Waals surface area contributed by atoms with Gasteiger partial charge in [-0.05, 0) is 69.6 Å². The minimum absolute atomic E-state index is 0.00417. The van der Waals surface area contributed by atoms with Crippen molar-refractivity contribution in [1.82, 2.24) is 30.1 Å². The zero-order valence-electron chi connectivity index (χ0n) is 30.3. The molecule has 4 fully saturated rings. The Kier molecular flexibility index (Phi) is 10.3. The van der Waals surface area contributed by atoms with Crippen molar-refractivity contribution >= 4 is 50.8 Å². The predicted octanol–water partition coefficient (Wildman–Crippen LogP) is 2.48. The summed E-state index contributed by atoms with van der Waals surface area (Å²) in [4.78, 5) is 63.0. The number of carbonyl (C=O) groups excluding carboxylic acids is 4. The number of amides is 5. The molecule has 4 heterocycles. The Balaban J connectivity index is 1.19. The molecule has 5 amide bonds. The second kappa shape index (κ2) is 14.8. The molecule has 53 heavy (non-hydrogen) atoms. The average molecular weight is 753 g/mol. The van der Waals surface area contributed by atoms with Crippen molar-refractivity contribution in [3.8, 4) is 11.6 Å². The number of fused-ring (bicyclic) bond motifs is 6. The van der Waals surface area contributed by atoms with Crippen LogP contribution >= 0.6 is 0 Å². The molecule has 1 aromatic carbocycles. The first kappa shape index (κ1) is 36.9. The van der Waals surface area contributed by atoms with Gasteiger partial charge in [0.25, 0.3) is 5.91 Å². The van der Waals surface area contributed by atoms with Crippen molar-refractivity contribution < 1.29 is 41.8 Å². The fourth-order valence-electron chi connectivity index (χ4n) is 7.61. The number of nitrogens with one attached hydrogen (secondary N) is 3. The number of ether oxygens (including phenoxy) is 3. The molecule has 3 aliphatic heterocycles. The van der Waals surface area contributed by atoms with Gasteiger partial charge in [0.1, 0.15) is 29.5 Å². The summed E-state index contributed by atoms with van der Waals surface area (Å²) < 4.78 is 45.6. The lowest BCUT2D eigenvalue weighted by Gasteiger charge is -2.29. The van der Waals surface area contributed by atoms with E-state index in [1.807, 2.05) is 37.3 Å². The number of hydrogen-bond acceptors (Lipinski definition) is 10. The van der Waals surface area contributed by atoms with Crippen LogP contribution in [-0.4, -0.2) is 115 Å². The van der Waals surface area contributed by atoms with Crippen molar-refractivity contribution in [3.05, 3.63) is 35.9 Å². The highest BCUT2D eigenvalue weighted by Crippen LogP contribution is 2.47. The highest BCUT2D eigenvalue weighted by atomic mass is 32.2. The van der Waals surface area contributed by atoms with Crippen LogP contribution in [0.25, 0.3) is 17.0 Å². The van der Waals surface area contributed by atoms with Crippen LogP contribution in [0.1, 0.15) is 70.8 Å². The molecular weight excluding hydrogens is 705 g/mol. The standard InChI is InChI=1S/C37H48N6O9S/c1-4-25-19-37(25,35(46)41-53(48,49)29-11-12-29)40-32(44)31-18-28-21-43(31)34(45)22(2)38-36(47)42-14-13-27(20-42)51-15-7-5-6-8-24-16-23-9-10-26(50-3)17-30(23)39-33(24)52-28/h6,8-10,16-17,22,25,27-29,31H,4-5,7,11-15,18-21H2,1-3H3,(H,38,47)(H,40,44)(H,41,46)/b8-6+/t22-,25+,27-,28+,31-,37+/m0/s1. The summed E-state index contributed by atoms with van der Waals surface area (Å²) in [5, 5.41) is 5.93. The summed E-state index contributed by atoms with van der Waals surface area (Å²) in [6, 6.07) is 5.07. The van der Waals surface area contributed by atoms with Gasteiger partial charge in [-0.15, -0.1) is 0 Å². The van der Waals surface area contributed by atoms with E-state index in [1.165, 1.54) is 4.90 Å². The third-order valence-electron chi connectivity index (χ3n) is 11.0. The molecule has 4 bridgehead atoms. The number of aromatic nitrogens is 1. The van der Waals surface area contributed by atoms with Gasteiger partial charge in [-0.3, -0.25) is 19.1 Å². The molecular formula is C37H48N6O9S. The molecule has 2 aromatic rings. The van der Waals surface area contributed by atoms with Gasteiger partial charge >= 0.3 is 6.03 Å². The molecule has 7 rings (SSSR count). The summed E-state index contributed by atoms with van der Waals surface area (Å²) in [7, 11) is -2.28. The van der Waals surface area contributed by atoms with Crippen molar-refractivity contribution in [1.29, 1.82) is 0 Å². The molecule has 0 spiro atoms. The first-order valence-electron chi connectivity index (χ1n) is 18.6. The smallest absolute Gasteiger partial charge is 0.318 e. The van der Waals surface area contributed by atoms with Gasteiger partial charge in [0.2, 0.25) is 27.7 Å². The molecule has 6 atom stereocenters. The maximum atomic E-state index is 14.2. The monoisotopic (exact) mass is 752 g/mol. The van der Waals surface area contributed by atoms with Crippen molar-refractivity contribution in [2.24, 2.45) is 5.92 Å². The van der Waals surface area contributed by atoms with Crippen LogP contribution in [0.3, 0.4) is 0 Å². The predicted molar refractivity (Wildman–Crippen MR) is 194 cm³/mol. The molecule has 15 nitrogen and oxygen atoms in total. The van der Waals surface area contributed by atoms with Gasteiger partial charge in [-0.1, -0.05) is 25.5 Å². The van der Waals surface area contributed by atoms with Crippen LogP contribution in [0.4, 0.5) is 4.79 Å². The molecule has 0 unspecified atom stereocenters. The molecule has 286 valence electrons. The third-order valence-corrected chi connectivity index (χ3v) is 12.8. The van der Waals surface area contributed by atoms with Crippen LogP contribution in [-0.2, 0) is 29.1 Å². The van der Waals surface area contributed by atoms with E-state index in [-0.39, 0.29) is 31.4 Å². The highest BCUT2D eigenvalue weighted by Gasteiger charge is 2.62. The van der Waals surface area contributed by atoms with Crippen molar-refractivity contribution in [2.45, 2.75) is 100 Å². The number of hydrogen-bond donors (Lipinski definition) is 3. The van der Waals surface area contributed by atoms with Crippen molar-refractivity contribution in [3.63, 3.8) is 0 Å². The molecule has 16 heteroatoms. The Morgan fingerprint density at radius 2 is 1.94 bits per heavy atom. The van der Waals surface area contributed by atoms with Crippen LogP contribution in [0.5, 0.6) is 11.6 Å². The fraction of sp³-hybridized carbons (Fsp3) is 0.595.